The first-order chi connectivity index (χ1) is 14.9. The zero-order valence-corrected chi connectivity index (χ0v) is 17.3. The SMILES string of the molecule is CCC(=O)n1ccc(Oc2ncnc3c2nc(-c2cnn(CC)c2C)n3CC(F)F)c1. The van der Waals surface area contributed by atoms with Crippen molar-refractivity contribution in [1.29, 1.82) is 0 Å². The van der Waals surface area contributed by atoms with Gasteiger partial charge in [-0.05, 0) is 19.9 Å². The number of nitrogens with zero attached hydrogens (tertiary/aromatic N) is 7. The van der Waals surface area contributed by atoms with Gasteiger partial charge in [-0.3, -0.25) is 14.0 Å². The van der Waals surface area contributed by atoms with Crippen molar-refractivity contribution in [3.63, 3.8) is 0 Å². The highest BCUT2D eigenvalue weighted by atomic mass is 19.3. The van der Waals surface area contributed by atoms with E-state index in [2.05, 4.69) is 20.1 Å². The first-order valence-corrected chi connectivity index (χ1v) is 9.84. The molecule has 9 nitrogen and oxygen atoms in total. The summed E-state index contributed by atoms with van der Waals surface area (Å²) in [5, 5.41) is 4.29. The predicted octanol–water partition coefficient (Wildman–Crippen LogP) is 3.93. The van der Waals surface area contributed by atoms with Crippen molar-refractivity contribution in [3.05, 3.63) is 36.7 Å². The normalized spacial score (nSPS) is 11.5. The van der Waals surface area contributed by atoms with Crippen molar-refractivity contribution < 1.29 is 18.3 Å². The summed E-state index contributed by atoms with van der Waals surface area (Å²) in [4.78, 5) is 24.7. The Morgan fingerprint density at radius 2 is 2.06 bits per heavy atom. The van der Waals surface area contributed by atoms with Crippen LogP contribution in [-0.2, 0) is 13.1 Å². The molecule has 0 amide bonds. The van der Waals surface area contributed by atoms with Crippen LogP contribution in [0, 0.1) is 6.92 Å². The molecule has 0 aliphatic heterocycles. The third kappa shape index (κ3) is 3.78. The quantitative estimate of drug-likeness (QED) is 0.442. The fourth-order valence-corrected chi connectivity index (χ4v) is 3.38. The Kier molecular flexibility index (Phi) is 5.49. The van der Waals surface area contributed by atoms with Gasteiger partial charge >= 0.3 is 0 Å². The molecule has 162 valence electrons. The molecule has 4 aromatic rings. The third-order valence-electron chi connectivity index (χ3n) is 4.93. The Bertz CT molecular complexity index is 1240. The van der Waals surface area contributed by atoms with Gasteiger partial charge in [0.1, 0.15) is 17.9 Å². The van der Waals surface area contributed by atoms with E-state index in [1.165, 1.54) is 21.7 Å². The van der Waals surface area contributed by atoms with Crippen molar-refractivity contribution in [1.82, 2.24) is 33.9 Å². The zero-order chi connectivity index (χ0) is 22.1. The molecule has 31 heavy (non-hydrogen) atoms. The largest absolute Gasteiger partial charge is 0.435 e. The first kappa shape index (κ1) is 20.6. The molecule has 0 fully saturated rings. The van der Waals surface area contributed by atoms with Crippen molar-refractivity contribution >= 4 is 17.1 Å². The van der Waals surface area contributed by atoms with Crippen LogP contribution in [0.5, 0.6) is 11.6 Å². The zero-order valence-electron chi connectivity index (χ0n) is 17.3. The Hall–Kier alpha value is -3.63. The number of imidazole rings is 1. The summed E-state index contributed by atoms with van der Waals surface area (Å²) in [6.45, 7) is 5.62. The fraction of sp³-hybridized carbons (Fsp3) is 0.350. The number of ether oxygens (including phenoxy) is 1. The highest BCUT2D eigenvalue weighted by molar-refractivity contribution is 5.82. The number of carbonyl (C=O) groups excluding carboxylic acids is 1. The molecule has 0 aliphatic rings. The predicted molar refractivity (Wildman–Crippen MR) is 108 cm³/mol. The van der Waals surface area contributed by atoms with Gasteiger partial charge in [0, 0.05) is 24.9 Å². The van der Waals surface area contributed by atoms with Crippen LogP contribution < -0.4 is 4.74 Å². The van der Waals surface area contributed by atoms with Gasteiger partial charge in [0.15, 0.2) is 11.2 Å². The Labute approximate surface area is 176 Å². The molecule has 0 unspecified atom stereocenters. The van der Waals surface area contributed by atoms with Crippen LogP contribution in [0.3, 0.4) is 0 Å². The van der Waals surface area contributed by atoms with E-state index in [0.29, 0.717) is 30.1 Å². The van der Waals surface area contributed by atoms with Gasteiger partial charge < -0.3 is 9.30 Å². The number of hydrogen-bond acceptors (Lipinski definition) is 6. The first-order valence-electron chi connectivity index (χ1n) is 9.84. The maximum Gasteiger partial charge on any atom is 0.256 e. The lowest BCUT2D eigenvalue weighted by molar-refractivity contribution is 0.0908. The van der Waals surface area contributed by atoms with E-state index in [1.54, 1.807) is 30.1 Å². The van der Waals surface area contributed by atoms with Crippen LogP contribution in [0.25, 0.3) is 22.6 Å². The van der Waals surface area contributed by atoms with Crippen molar-refractivity contribution in [2.24, 2.45) is 0 Å². The number of aryl methyl sites for hydroxylation is 1. The number of carbonyl (C=O) groups is 1. The molecule has 4 aromatic heterocycles. The second kappa shape index (κ2) is 8.25. The molecular formula is C20H21F2N7O2. The van der Waals surface area contributed by atoms with E-state index >= 15 is 0 Å². The summed E-state index contributed by atoms with van der Waals surface area (Å²) in [7, 11) is 0. The molecule has 0 spiro atoms. The topological polar surface area (TPSA) is 92.7 Å². The lowest BCUT2D eigenvalue weighted by Crippen LogP contribution is -2.09. The smallest absolute Gasteiger partial charge is 0.256 e. The van der Waals surface area contributed by atoms with E-state index in [4.69, 9.17) is 4.74 Å². The van der Waals surface area contributed by atoms with Crippen LogP contribution in [0.2, 0.25) is 0 Å². The maximum absolute atomic E-state index is 13.4. The third-order valence-corrected chi connectivity index (χ3v) is 4.93. The lowest BCUT2D eigenvalue weighted by Gasteiger charge is -2.08. The van der Waals surface area contributed by atoms with Gasteiger partial charge in [0.25, 0.3) is 12.3 Å². The molecule has 0 bridgehead atoms. The van der Waals surface area contributed by atoms with Crippen LogP contribution in [-0.4, -0.2) is 46.2 Å². The van der Waals surface area contributed by atoms with Crippen molar-refractivity contribution in [3.8, 4) is 23.0 Å². The maximum atomic E-state index is 13.4. The van der Waals surface area contributed by atoms with Crippen LogP contribution >= 0.6 is 0 Å². The van der Waals surface area contributed by atoms with E-state index in [9.17, 15) is 13.6 Å². The second-order valence-corrected chi connectivity index (χ2v) is 6.85. The van der Waals surface area contributed by atoms with Crippen molar-refractivity contribution in [2.75, 3.05) is 0 Å². The number of halogens is 2. The van der Waals surface area contributed by atoms with Gasteiger partial charge in [-0.25, -0.2) is 18.7 Å². The Morgan fingerprint density at radius 1 is 1.26 bits per heavy atom. The molecular weight excluding hydrogens is 408 g/mol. The highest BCUT2D eigenvalue weighted by Gasteiger charge is 2.23. The number of hydrogen-bond donors (Lipinski definition) is 0. The number of alkyl halides is 2. The van der Waals surface area contributed by atoms with Gasteiger partial charge in [-0.15, -0.1) is 0 Å². The monoisotopic (exact) mass is 429 g/mol. The minimum absolute atomic E-state index is 0.0883. The van der Waals surface area contributed by atoms with Crippen molar-refractivity contribution in [2.45, 2.75) is 46.7 Å². The highest BCUT2D eigenvalue weighted by Crippen LogP contribution is 2.32. The standard InChI is InChI=1S/C20H21F2N7O2/c1-4-16(30)27-7-6-13(9-27)31-20-17-19(23-11-24-20)28(10-15(21)22)18(26-17)14-8-25-29(5-2)12(14)3/h6-9,11,15H,4-5,10H2,1-3H3. The average molecular weight is 429 g/mol. The second-order valence-electron chi connectivity index (χ2n) is 6.85. The Balaban J connectivity index is 1.81. The van der Waals surface area contributed by atoms with Crippen LogP contribution in [0.15, 0.2) is 31.0 Å². The van der Waals surface area contributed by atoms with Crippen LogP contribution in [0.4, 0.5) is 8.78 Å². The minimum atomic E-state index is -2.61. The molecule has 0 saturated heterocycles. The molecule has 0 radical (unpaired) electrons. The molecule has 11 heteroatoms. The molecule has 0 N–H and O–H groups in total. The molecule has 4 heterocycles. The average Bonchev–Trinajstić information content (AvgIpc) is 3.45. The molecule has 0 atom stereocenters. The molecule has 0 saturated carbocycles. The summed E-state index contributed by atoms with van der Waals surface area (Å²) < 4.78 is 37.1. The summed E-state index contributed by atoms with van der Waals surface area (Å²) in [5.74, 6) is 0.717. The summed E-state index contributed by atoms with van der Waals surface area (Å²) >= 11 is 0. The molecule has 0 aromatic carbocycles. The number of rotatable bonds is 7. The van der Waals surface area contributed by atoms with E-state index < -0.39 is 13.0 Å². The van der Waals surface area contributed by atoms with E-state index in [1.807, 2.05) is 13.8 Å². The van der Waals surface area contributed by atoms with Gasteiger partial charge in [-0.2, -0.15) is 10.1 Å². The summed E-state index contributed by atoms with van der Waals surface area (Å²) in [6, 6.07) is 1.62. The Morgan fingerprint density at radius 3 is 2.74 bits per heavy atom. The lowest BCUT2D eigenvalue weighted by atomic mass is 10.2. The summed E-state index contributed by atoms with van der Waals surface area (Å²) in [6.07, 6.45) is 3.70. The van der Waals surface area contributed by atoms with Gasteiger partial charge in [0.2, 0.25) is 5.91 Å². The van der Waals surface area contributed by atoms with E-state index in [0.717, 1.165) is 5.69 Å². The number of aromatic nitrogens is 7. The minimum Gasteiger partial charge on any atom is -0.435 e. The summed E-state index contributed by atoms with van der Waals surface area (Å²) in [5.41, 5.74) is 1.91. The van der Waals surface area contributed by atoms with Gasteiger partial charge in [0.05, 0.1) is 24.5 Å². The number of fused-ring (bicyclic) bond motifs is 1. The van der Waals surface area contributed by atoms with E-state index in [-0.39, 0.29) is 23.0 Å². The molecule has 0 aliphatic carbocycles. The van der Waals surface area contributed by atoms with Crippen LogP contribution in [0.1, 0.15) is 30.8 Å². The fourth-order valence-electron chi connectivity index (χ4n) is 3.38. The molecule has 4 rings (SSSR count). The van der Waals surface area contributed by atoms with Gasteiger partial charge in [-0.1, -0.05) is 6.92 Å².